The highest BCUT2D eigenvalue weighted by Crippen LogP contribution is 2.20. The highest BCUT2D eigenvalue weighted by molar-refractivity contribution is 6.05. The van der Waals surface area contributed by atoms with E-state index in [0.717, 1.165) is 23.3 Å². The van der Waals surface area contributed by atoms with Gasteiger partial charge in [0.05, 0.1) is 19.1 Å². The van der Waals surface area contributed by atoms with Gasteiger partial charge in [-0.1, -0.05) is 6.07 Å². The highest BCUT2D eigenvalue weighted by Gasteiger charge is 2.42. The number of nitrogens with zero attached hydrogens (tertiary/aromatic N) is 4. The Balaban J connectivity index is 1.45. The van der Waals surface area contributed by atoms with E-state index in [1.807, 2.05) is 12.1 Å². The Hall–Kier alpha value is -2.48. The van der Waals surface area contributed by atoms with Crippen molar-refractivity contribution < 1.29 is 19.1 Å². The minimum Gasteiger partial charge on any atom is -0.373 e. The van der Waals surface area contributed by atoms with Crippen molar-refractivity contribution in [2.24, 2.45) is 0 Å². The number of ether oxygens (including phenoxy) is 1. The molecule has 2 fully saturated rings. The number of aromatic nitrogens is 1. The van der Waals surface area contributed by atoms with Gasteiger partial charge in [-0.2, -0.15) is 0 Å². The van der Waals surface area contributed by atoms with Crippen molar-refractivity contribution in [3.05, 3.63) is 30.1 Å². The number of pyridine rings is 1. The summed E-state index contributed by atoms with van der Waals surface area (Å²) in [6.45, 7) is 1.72. The summed E-state index contributed by atoms with van der Waals surface area (Å²) in [7, 11) is 3.00. The SMILES string of the molecule is CN1C(=O)[C@@H](CC(=O)N2CCC(OCc3cccnc3)CC2)N(C)C1=O. The normalized spacial score (nSPS) is 21.6. The van der Waals surface area contributed by atoms with Crippen LogP contribution in [-0.2, 0) is 20.9 Å². The van der Waals surface area contributed by atoms with Crippen LogP contribution in [0, 0.1) is 0 Å². The van der Waals surface area contributed by atoms with Gasteiger partial charge in [0, 0.05) is 39.6 Å². The van der Waals surface area contributed by atoms with Crippen LogP contribution in [0.5, 0.6) is 0 Å². The molecule has 1 aromatic heterocycles. The Bertz CT molecular complexity index is 673. The maximum Gasteiger partial charge on any atom is 0.326 e. The summed E-state index contributed by atoms with van der Waals surface area (Å²) in [5.41, 5.74) is 1.03. The van der Waals surface area contributed by atoms with E-state index in [2.05, 4.69) is 4.98 Å². The Labute approximate surface area is 152 Å². The quantitative estimate of drug-likeness (QED) is 0.728. The van der Waals surface area contributed by atoms with Gasteiger partial charge in [0.1, 0.15) is 6.04 Å². The second-order valence-electron chi connectivity index (χ2n) is 6.76. The Kier molecular flexibility index (Phi) is 5.51. The number of carbonyl (C=O) groups excluding carboxylic acids is 3. The van der Waals surface area contributed by atoms with Crippen LogP contribution in [0.25, 0.3) is 0 Å². The van der Waals surface area contributed by atoms with Gasteiger partial charge in [0.2, 0.25) is 5.91 Å². The Morgan fingerprint density at radius 1 is 1.27 bits per heavy atom. The number of carbonyl (C=O) groups is 3. The molecule has 0 spiro atoms. The van der Waals surface area contributed by atoms with Crippen molar-refractivity contribution in [2.45, 2.75) is 38.0 Å². The van der Waals surface area contributed by atoms with E-state index >= 15 is 0 Å². The number of imide groups is 1. The van der Waals surface area contributed by atoms with E-state index in [1.165, 1.54) is 11.9 Å². The summed E-state index contributed by atoms with van der Waals surface area (Å²) in [4.78, 5) is 44.6. The van der Waals surface area contributed by atoms with Crippen LogP contribution in [0.3, 0.4) is 0 Å². The third-order valence-corrected chi connectivity index (χ3v) is 5.04. The fourth-order valence-electron chi connectivity index (χ4n) is 3.34. The summed E-state index contributed by atoms with van der Waals surface area (Å²) in [6, 6.07) is 2.79. The van der Waals surface area contributed by atoms with E-state index in [-0.39, 0.29) is 30.4 Å². The van der Waals surface area contributed by atoms with Crippen LogP contribution < -0.4 is 0 Å². The number of likely N-dealkylation sites (tertiary alicyclic amines) is 1. The molecule has 2 saturated heterocycles. The summed E-state index contributed by atoms with van der Waals surface area (Å²) in [6.07, 6.45) is 5.19. The number of hydrogen-bond donors (Lipinski definition) is 0. The van der Waals surface area contributed by atoms with Gasteiger partial charge >= 0.3 is 6.03 Å². The molecule has 26 heavy (non-hydrogen) atoms. The highest BCUT2D eigenvalue weighted by atomic mass is 16.5. The van der Waals surface area contributed by atoms with Crippen LogP contribution in [0.4, 0.5) is 4.79 Å². The molecule has 0 saturated carbocycles. The summed E-state index contributed by atoms with van der Waals surface area (Å²) in [5, 5.41) is 0. The molecule has 3 rings (SSSR count). The lowest BCUT2D eigenvalue weighted by Gasteiger charge is -2.32. The van der Waals surface area contributed by atoms with Gasteiger partial charge in [-0.3, -0.25) is 19.5 Å². The van der Waals surface area contributed by atoms with Gasteiger partial charge in [-0.25, -0.2) is 4.79 Å². The molecule has 0 aliphatic carbocycles. The summed E-state index contributed by atoms with van der Waals surface area (Å²) >= 11 is 0. The smallest absolute Gasteiger partial charge is 0.326 e. The third kappa shape index (κ3) is 3.85. The zero-order chi connectivity index (χ0) is 18.7. The van der Waals surface area contributed by atoms with Gasteiger partial charge in [0.25, 0.3) is 5.91 Å². The fraction of sp³-hybridized carbons (Fsp3) is 0.556. The Morgan fingerprint density at radius 2 is 2.00 bits per heavy atom. The minimum atomic E-state index is -0.695. The van der Waals surface area contributed by atoms with Gasteiger partial charge < -0.3 is 14.5 Å². The van der Waals surface area contributed by atoms with Crippen molar-refractivity contribution >= 4 is 17.8 Å². The van der Waals surface area contributed by atoms with E-state index < -0.39 is 6.04 Å². The molecule has 1 aromatic rings. The first-order valence-corrected chi connectivity index (χ1v) is 8.80. The predicted molar refractivity (Wildman–Crippen MR) is 93.0 cm³/mol. The van der Waals surface area contributed by atoms with Crippen molar-refractivity contribution in [1.82, 2.24) is 19.7 Å². The molecule has 8 nitrogen and oxygen atoms in total. The van der Waals surface area contributed by atoms with Crippen molar-refractivity contribution in [3.8, 4) is 0 Å². The minimum absolute atomic E-state index is 0.0343. The van der Waals surface area contributed by atoms with E-state index in [0.29, 0.717) is 19.7 Å². The molecule has 3 heterocycles. The molecule has 0 radical (unpaired) electrons. The van der Waals surface area contributed by atoms with E-state index in [4.69, 9.17) is 4.74 Å². The predicted octanol–water partition coefficient (Wildman–Crippen LogP) is 0.872. The number of likely N-dealkylation sites (N-methyl/N-ethyl adjacent to an activating group) is 2. The lowest BCUT2D eigenvalue weighted by molar-refractivity contribution is -0.138. The molecule has 1 atom stereocenters. The molecule has 0 aromatic carbocycles. The lowest BCUT2D eigenvalue weighted by Crippen LogP contribution is -2.44. The Morgan fingerprint density at radius 3 is 2.58 bits per heavy atom. The molecule has 0 N–H and O–H groups in total. The van der Waals surface area contributed by atoms with Crippen LogP contribution in [0.2, 0.25) is 0 Å². The van der Waals surface area contributed by atoms with Gasteiger partial charge in [0.15, 0.2) is 0 Å². The first-order chi connectivity index (χ1) is 12.5. The third-order valence-electron chi connectivity index (χ3n) is 5.04. The monoisotopic (exact) mass is 360 g/mol. The topological polar surface area (TPSA) is 83.1 Å². The fourth-order valence-corrected chi connectivity index (χ4v) is 3.34. The van der Waals surface area contributed by atoms with Crippen molar-refractivity contribution in [1.29, 1.82) is 0 Å². The van der Waals surface area contributed by atoms with Crippen molar-refractivity contribution in [2.75, 3.05) is 27.2 Å². The molecule has 8 heteroatoms. The molecule has 0 unspecified atom stereocenters. The first-order valence-electron chi connectivity index (χ1n) is 8.80. The second kappa shape index (κ2) is 7.82. The molecule has 0 bridgehead atoms. The number of amides is 4. The zero-order valence-corrected chi connectivity index (χ0v) is 15.1. The standard InChI is InChI=1S/C18H24N4O4/c1-20-15(17(24)21(2)18(20)25)10-16(23)22-8-5-14(6-9-22)26-12-13-4-3-7-19-11-13/h3-4,7,11,14-15H,5-6,8-10,12H2,1-2H3/t15-/m1/s1. The summed E-state index contributed by atoms with van der Waals surface area (Å²) < 4.78 is 5.90. The molecule has 2 aliphatic rings. The van der Waals surface area contributed by atoms with Crippen LogP contribution in [-0.4, -0.2) is 76.9 Å². The largest absolute Gasteiger partial charge is 0.373 e. The maximum atomic E-state index is 12.5. The van der Waals surface area contributed by atoms with Crippen molar-refractivity contribution in [3.63, 3.8) is 0 Å². The molecular formula is C18H24N4O4. The second-order valence-corrected chi connectivity index (χ2v) is 6.76. The molecular weight excluding hydrogens is 336 g/mol. The average Bonchev–Trinajstić information content (AvgIpc) is 2.85. The van der Waals surface area contributed by atoms with Crippen LogP contribution in [0.15, 0.2) is 24.5 Å². The average molecular weight is 360 g/mol. The maximum absolute atomic E-state index is 12.5. The van der Waals surface area contributed by atoms with Crippen LogP contribution in [0.1, 0.15) is 24.8 Å². The molecule has 4 amide bonds. The van der Waals surface area contributed by atoms with Gasteiger partial charge in [-0.15, -0.1) is 0 Å². The van der Waals surface area contributed by atoms with Crippen LogP contribution >= 0.6 is 0 Å². The molecule has 140 valence electrons. The number of piperidine rings is 1. The number of rotatable bonds is 5. The van der Waals surface area contributed by atoms with Gasteiger partial charge in [-0.05, 0) is 24.5 Å². The van der Waals surface area contributed by atoms with E-state index in [9.17, 15) is 14.4 Å². The molecule has 2 aliphatic heterocycles. The van der Waals surface area contributed by atoms with E-state index in [1.54, 1.807) is 24.3 Å². The summed E-state index contributed by atoms with van der Waals surface area (Å²) in [5.74, 6) is -0.412. The first kappa shape index (κ1) is 18.3. The number of hydrogen-bond acceptors (Lipinski definition) is 5. The number of urea groups is 1. The zero-order valence-electron chi connectivity index (χ0n) is 15.1. The lowest BCUT2D eigenvalue weighted by atomic mass is 10.1.